The van der Waals surface area contributed by atoms with E-state index in [9.17, 15) is 0 Å². The molecule has 1 aromatic rings. The van der Waals surface area contributed by atoms with Crippen molar-refractivity contribution in [2.45, 2.75) is 33.7 Å². The average molecular weight is 293 g/mol. The lowest BCUT2D eigenvalue weighted by Gasteiger charge is -2.26. The first-order valence-electron chi connectivity index (χ1n) is 7.94. The Morgan fingerprint density at radius 2 is 1.81 bits per heavy atom. The van der Waals surface area contributed by atoms with Crippen LogP contribution < -0.4 is 10.2 Å². The number of aromatic nitrogens is 2. The van der Waals surface area contributed by atoms with E-state index in [-0.39, 0.29) is 0 Å². The number of nitrogens with one attached hydrogen (secondary N) is 1. The van der Waals surface area contributed by atoms with Crippen LogP contribution >= 0.6 is 0 Å². The average Bonchev–Trinajstić information content (AvgIpc) is 2.44. The summed E-state index contributed by atoms with van der Waals surface area (Å²) in [5.41, 5.74) is 1.14. The van der Waals surface area contributed by atoms with E-state index >= 15 is 0 Å². The van der Waals surface area contributed by atoms with Gasteiger partial charge in [0.05, 0.1) is 0 Å². The monoisotopic (exact) mass is 293 g/mol. The van der Waals surface area contributed by atoms with Gasteiger partial charge in [-0.2, -0.15) is 0 Å². The molecule has 0 saturated carbocycles. The largest absolute Gasteiger partial charge is 0.339 e. The molecular formula is C16H31N5. The Labute approximate surface area is 129 Å². The maximum atomic E-state index is 4.55. The van der Waals surface area contributed by atoms with Gasteiger partial charge in [-0.05, 0) is 33.0 Å². The highest BCUT2D eigenvalue weighted by atomic mass is 15.3. The fourth-order valence-electron chi connectivity index (χ4n) is 2.05. The normalized spacial score (nSPS) is 11.4. The van der Waals surface area contributed by atoms with Crippen LogP contribution in [0, 0.1) is 5.92 Å². The van der Waals surface area contributed by atoms with Gasteiger partial charge in [-0.15, -0.1) is 0 Å². The molecule has 1 rings (SSSR count). The highest BCUT2D eigenvalue weighted by molar-refractivity contribution is 5.30. The summed E-state index contributed by atoms with van der Waals surface area (Å²) in [5.74, 6) is 1.44. The zero-order valence-corrected chi connectivity index (χ0v) is 14.3. The highest BCUT2D eigenvalue weighted by Crippen LogP contribution is 2.10. The molecule has 0 amide bonds. The van der Waals surface area contributed by atoms with Crippen molar-refractivity contribution in [3.05, 3.63) is 18.0 Å². The van der Waals surface area contributed by atoms with Crippen molar-refractivity contribution < 1.29 is 0 Å². The van der Waals surface area contributed by atoms with Crippen molar-refractivity contribution in [1.82, 2.24) is 20.2 Å². The molecule has 0 aliphatic carbocycles. The Bertz CT molecular complexity index is 375. The summed E-state index contributed by atoms with van der Waals surface area (Å²) in [6.45, 7) is 11.5. The Kier molecular flexibility index (Phi) is 8.23. The first kappa shape index (κ1) is 17.9. The Morgan fingerprint density at radius 1 is 1.14 bits per heavy atom. The van der Waals surface area contributed by atoms with Crippen LogP contribution in [0.25, 0.3) is 0 Å². The molecule has 0 aliphatic heterocycles. The summed E-state index contributed by atoms with van der Waals surface area (Å²) in [6.07, 6.45) is 5.02. The van der Waals surface area contributed by atoms with Gasteiger partial charge in [-0.25, -0.2) is 9.97 Å². The quantitative estimate of drug-likeness (QED) is 0.669. The van der Waals surface area contributed by atoms with E-state index in [0.29, 0.717) is 5.92 Å². The minimum absolute atomic E-state index is 0.599. The molecule has 0 aromatic carbocycles. The molecule has 0 aliphatic rings. The molecule has 0 atom stereocenters. The van der Waals surface area contributed by atoms with E-state index < -0.39 is 0 Å². The molecule has 0 unspecified atom stereocenters. The summed E-state index contributed by atoms with van der Waals surface area (Å²) >= 11 is 0. The molecule has 1 aromatic heterocycles. The van der Waals surface area contributed by atoms with Crippen LogP contribution in [0.3, 0.4) is 0 Å². The van der Waals surface area contributed by atoms with Gasteiger partial charge in [0.2, 0.25) is 5.95 Å². The highest BCUT2D eigenvalue weighted by Gasteiger charge is 2.11. The number of hydrogen-bond donors (Lipinski definition) is 1. The predicted molar refractivity (Wildman–Crippen MR) is 89.6 cm³/mol. The lowest BCUT2D eigenvalue weighted by molar-refractivity contribution is 0.407. The topological polar surface area (TPSA) is 44.3 Å². The van der Waals surface area contributed by atoms with Gasteiger partial charge in [0.1, 0.15) is 0 Å². The zero-order valence-electron chi connectivity index (χ0n) is 14.3. The van der Waals surface area contributed by atoms with Crippen LogP contribution in [0.15, 0.2) is 12.4 Å². The number of likely N-dealkylation sites (N-methyl/N-ethyl adjacent to an activating group) is 1. The van der Waals surface area contributed by atoms with Gasteiger partial charge in [-0.1, -0.05) is 20.8 Å². The fraction of sp³-hybridized carbons (Fsp3) is 0.750. The van der Waals surface area contributed by atoms with E-state index in [1.54, 1.807) is 0 Å². The molecule has 120 valence electrons. The molecule has 21 heavy (non-hydrogen) atoms. The maximum absolute atomic E-state index is 4.55. The summed E-state index contributed by atoms with van der Waals surface area (Å²) in [5, 5.41) is 3.37. The SMILES string of the molecule is CCCNCc1cnc(N(CCN(C)C)CC(C)C)nc1. The van der Waals surface area contributed by atoms with E-state index in [4.69, 9.17) is 0 Å². The van der Waals surface area contributed by atoms with Crippen molar-refractivity contribution in [2.75, 3.05) is 45.2 Å². The van der Waals surface area contributed by atoms with Gasteiger partial charge in [0, 0.05) is 44.1 Å². The van der Waals surface area contributed by atoms with Gasteiger partial charge in [0.25, 0.3) is 0 Å². The van der Waals surface area contributed by atoms with E-state index in [1.165, 1.54) is 0 Å². The molecule has 5 heteroatoms. The van der Waals surface area contributed by atoms with Crippen LogP contribution in [0.2, 0.25) is 0 Å². The smallest absolute Gasteiger partial charge is 0.225 e. The van der Waals surface area contributed by atoms with Gasteiger partial charge >= 0.3 is 0 Å². The first-order chi connectivity index (χ1) is 10.0. The summed E-state index contributed by atoms with van der Waals surface area (Å²) in [6, 6.07) is 0. The molecule has 5 nitrogen and oxygen atoms in total. The van der Waals surface area contributed by atoms with Crippen molar-refractivity contribution >= 4 is 5.95 Å². The third-order valence-corrected chi connectivity index (χ3v) is 3.13. The lowest BCUT2D eigenvalue weighted by Crippen LogP contribution is -2.35. The summed E-state index contributed by atoms with van der Waals surface area (Å²) in [4.78, 5) is 13.6. The van der Waals surface area contributed by atoms with Crippen LogP contribution in [0.4, 0.5) is 5.95 Å². The number of anilines is 1. The number of hydrogen-bond acceptors (Lipinski definition) is 5. The summed E-state index contributed by atoms with van der Waals surface area (Å²) in [7, 11) is 4.19. The standard InChI is InChI=1S/C16H31N5/c1-6-7-17-10-15-11-18-16(19-12-15)21(13-14(2)3)9-8-20(4)5/h11-12,14,17H,6-10,13H2,1-5H3. The minimum Gasteiger partial charge on any atom is -0.339 e. The van der Waals surface area contributed by atoms with Gasteiger partial charge in [-0.3, -0.25) is 0 Å². The molecule has 1 N–H and O–H groups in total. The predicted octanol–water partition coefficient (Wildman–Crippen LogP) is 2.00. The van der Waals surface area contributed by atoms with Crippen LogP contribution in [-0.2, 0) is 6.54 Å². The lowest BCUT2D eigenvalue weighted by atomic mass is 10.2. The van der Waals surface area contributed by atoms with Crippen LogP contribution in [0.5, 0.6) is 0 Å². The second kappa shape index (κ2) is 9.68. The number of nitrogens with zero attached hydrogens (tertiary/aromatic N) is 4. The maximum Gasteiger partial charge on any atom is 0.225 e. The van der Waals surface area contributed by atoms with Crippen molar-refractivity contribution in [1.29, 1.82) is 0 Å². The van der Waals surface area contributed by atoms with Gasteiger partial charge < -0.3 is 15.1 Å². The van der Waals surface area contributed by atoms with E-state index in [0.717, 1.165) is 50.7 Å². The van der Waals surface area contributed by atoms with E-state index in [1.807, 2.05) is 12.4 Å². The zero-order chi connectivity index (χ0) is 15.7. The molecule has 1 heterocycles. The molecular weight excluding hydrogens is 262 g/mol. The minimum atomic E-state index is 0.599. The van der Waals surface area contributed by atoms with Crippen molar-refractivity contribution in [3.8, 4) is 0 Å². The fourth-order valence-corrected chi connectivity index (χ4v) is 2.05. The Balaban J connectivity index is 2.64. The second-order valence-corrected chi connectivity index (χ2v) is 6.21. The third kappa shape index (κ3) is 7.39. The molecule has 0 saturated heterocycles. The molecule has 0 fully saturated rings. The first-order valence-corrected chi connectivity index (χ1v) is 7.94. The van der Waals surface area contributed by atoms with Crippen LogP contribution in [0.1, 0.15) is 32.8 Å². The van der Waals surface area contributed by atoms with Gasteiger partial charge in [0.15, 0.2) is 0 Å². The molecule has 0 spiro atoms. The Hall–Kier alpha value is -1.20. The molecule has 0 bridgehead atoms. The Morgan fingerprint density at radius 3 is 2.33 bits per heavy atom. The van der Waals surface area contributed by atoms with Crippen LogP contribution in [-0.4, -0.2) is 55.1 Å². The van der Waals surface area contributed by atoms with Crippen molar-refractivity contribution in [3.63, 3.8) is 0 Å². The number of rotatable bonds is 10. The third-order valence-electron chi connectivity index (χ3n) is 3.13. The van der Waals surface area contributed by atoms with Crippen molar-refractivity contribution in [2.24, 2.45) is 5.92 Å². The second-order valence-electron chi connectivity index (χ2n) is 6.21. The van der Waals surface area contributed by atoms with E-state index in [2.05, 4.69) is 60.0 Å². The summed E-state index contributed by atoms with van der Waals surface area (Å²) < 4.78 is 0. The molecule has 0 radical (unpaired) electrons.